The third-order valence-corrected chi connectivity index (χ3v) is 6.98. The van der Waals surface area contributed by atoms with Gasteiger partial charge in [-0.3, -0.25) is 9.69 Å². The third kappa shape index (κ3) is 3.91. The van der Waals surface area contributed by atoms with Crippen LogP contribution in [0.3, 0.4) is 0 Å². The highest BCUT2D eigenvalue weighted by Gasteiger charge is 2.59. The molecule has 1 fully saturated rings. The van der Waals surface area contributed by atoms with Crippen LogP contribution < -0.4 is 20.3 Å². The molecule has 0 saturated carbocycles. The number of ether oxygens (including phenoxy) is 1. The molecule has 2 aliphatic rings. The number of nitrogens with one attached hydrogen (secondary N) is 2. The van der Waals surface area contributed by atoms with Gasteiger partial charge in [-0.2, -0.15) is 0 Å². The zero-order valence-corrected chi connectivity index (χ0v) is 20.4. The largest absolute Gasteiger partial charge is 0.467 e. The SMILES string of the molecule is C[C@]12Oc3ccc(Cl)cc3[C@@H](NC(=S)N1c1ccc(Cl)cc1)[C@H]2C(=O)Nc1ccc(Cl)cc1. The first-order chi connectivity index (χ1) is 15.8. The van der Waals surface area contributed by atoms with E-state index in [1.54, 1.807) is 48.5 Å². The van der Waals surface area contributed by atoms with Crippen molar-refractivity contribution in [2.45, 2.75) is 18.7 Å². The van der Waals surface area contributed by atoms with Crippen LogP contribution in [0.1, 0.15) is 18.5 Å². The molecule has 1 amide bonds. The highest BCUT2D eigenvalue weighted by Crippen LogP contribution is 2.50. The molecule has 2 heterocycles. The number of hydrogen-bond acceptors (Lipinski definition) is 3. The van der Waals surface area contributed by atoms with Gasteiger partial charge in [0.25, 0.3) is 0 Å². The van der Waals surface area contributed by atoms with Crippen LogP contribution in [0.15, 0.2) is 66.7 Å². The van der Waals surface area contributed by atoms with E-state index in [-0.39, 0.29) is 5.91 Å². The molecule has 0 unspecified atom stereocenters. The zero-order chi connectivity index (χ0) is 23.3. The molecule has 168 valence electrons. The van der Waals surface area contributed by atoms with Gasteiger partial charge in [0.2, 0.25) is 5.91 Å². The lowest BCUT2D eigenvalue weighted by Gasteiger charge is -2.56. The van der Waals surface area contributed by atoms with Gasteiger partial charge in [-0.25, -0.2) is 0 Å². The molecule has 3 aromatic carbocycles. The Bertz CT molecular complexity index is 1250. The van der Waals surface area contributed by atoms with Crippen molar-refractivity contribution in [3.63, 3.8) is 0 Å². The molecule has 5 nitrogen and oxygen atoms in total. The van der Waals surface area contributed by atoms with Crippen molar-refractivity contribution >= 4 is 69.4 Å². The number of halogens is 3. The van der Waals surface area contributed by atoms with Crippen LogP contribution in [0.5, 0.6) is 5.75 Å². The average molecular weight is 519 g/mol. The lowest BCUT2D eigenvalue weighted by atomic mass is 9.78. The summed E-state index contributed by atoms with van der Waals surface area (Å²) in [5.74, 6) is -0.276. The van der Waals surface area contributed by atoms with E-state index in [0.29, 0.717) is 31.6 Å². The number of amides is 1. The molecule has 2 bridgehead atoms. The quantitative estimate of drug-likeness (QED) is 0.391. The molecule has 1 saturated heterocycles. The van der Waals surface area contributed by atoms with E-state index in [4.69, 9.17) is 51.8 Å². The van der Waals surface area contributed by atoms with Crippen LogP contribution in [-0.2, 0) is 4.79 Å². The first-order valence-corrected chi connectivity index (χ1v) is 11.7. The molecule has 3 atom stereocenters. The minimum atomic E-state index is -1.13. The molecule has 3 aromatic rings. The summed E-state index contributed by atoms with van der Waals surface area (Å²) in [7, 11) is 0. The van der Waals surface area contributed by atoms with Crippen LogP contribution in [0.2, 0.25) is 15.1 Å². The minimum Gasteiger partial charge on any atom is -0.467 e. The lowest BCUT2D eigenvalue weighted by Crippen LogP contribution is -2.72. The maximum Gasteiger partial charge on any atom is 0.236 e. The van der Waals surface area contributed by atoms with Crippen LogP contribution in [-0.4, -0.2) is 16.7 Å². The summed E-state index contributed by atoms with van der Waals surface area (Å²) in [6.07, 6.45) is 0. The van der Waals surface area contributed by atoms with Crippen molar-refractivity contribution in [1.82, 2.24) is 5.32 Å². The van der Waals surface area contributed by atoms with Crippen molar-refractivity contribution in [3.8, 4) is 5.75 Å². The van der Waals surface area contributed by atoms with Crippen LogP contribution in [0.4, 0.5) is 11.4 Å². The summed E-state index contributed by atoms with van der Waals surface area (Å²) in [6.45, 7) is 1.87. The van der Waals surface area contributed by atoms with Gasteiger partial charge >= 0.3 is 0 Å². The highest BCUT2D eigenvalue weighted by atomic mass is 35.5. The molecule has 0 radical (unpaired) electrons. The van der Waals surface area contributed by atoms with Crippen LogP contribution in [0.25, 0.3) is 0 Å². The standard InChI is InChI=1S/C24H18Cl3N3O2S/c1-24-20(22(31)28-16-7-2-13(25)3-8-16)21(18-12-15(27)6-11-19(18)32-24)29-23(33)30(24)17-9-4-14(26)5-10-17/h2-12,20-21H,1H3,(H,28,31)(H,29,33)/t20-,21+,24+/m0/s1. The van der Waals surface area contributed by atoms with E-state index in [9.17, 15) is 4.79 Å². The average Bonchev–Trinajstić information content (AvgIpc) is 2.77. The molecule has 0 aromatic heterocycles. The molecule has 9 heteroatoms. The number of benzene rings is 3. The fourth-order valence-corrected chi connectivity index (χ4v) is 5.33. The second-order valence-corrected chi connectivity index (χ2v) is 9.75. The maximum absolute atomic E-state index is 13.7. The Morgan fingerprint density at radius 2 is 1.61 bits per heavy atom. The van der Waals surface area contributed by atoms with Crippen molar-refractivity contribution in [2.24, 2.45) is 5.92 Å². The number of rotatable bonds is 3. The summed E-state index contributed by atoms with van der Waals surface area (Å²) in [4.78, 5) is 15.5. The molecule has 5 rings (SSSR count). The fourth-order valence-electron chi connectivity index (χ4n) is 4.49. The van der Waals surface area contributed by atoms with Gasteiger partial charge in [0.1, 0.15) is 11.7 Å². The van der Waals surface area contributed by atoms with Gasteiger partial charge in [-0.15, -0.1) is 0 Å². The fraction of sp³-hybridized carbons (Fsp3) is 0.167. The summed E-state index contributed by atoms with van der Waals surface area (Å²) in [5.41, 5.74) is 1.02. The number of carbonyl (C=O) groups is 1. The molecule has 0 spiro atoms. The predicted molar refractivity (Wildman–Crippen MR) is 136 cm³/mol. The number of anilines is 2. The Kier molecular flexibility index (Phi) is 5.65. The summed E-state index contributed by atoms with van der Waals surface area (Å²) < 4.78 is 6.53. The zero-order valence-electron chi connectivity index (χ0n) is 17.3. The van der Waals surface area contributed by atoms with E-state index >= 15 is 0 Å². The van der Waals surface area contributed by atoms with Gasteiger partial charge < -0.3 is 15.4 Å². The molecular weight excluding hydrogens is 501 g/mol. The molecule has 2 aliphatic heterocycles. The van der Waals surface area contributed by atoms with Gasteiger partial charge in [0.05, 0.1) is 6.04 Å². The van der Waals surface area contributed by atoms with Crippen molar-refractivity contribution in [3.05, 3.63) is 87.4 Å². The predicted octanol–water partition coefficient (Wildman–Crippen LogP) is 6.45. The third-order valence-electron chi connectivity index (χ3n) is 5.94. The minimum absolute atomic E-state index is 0.232. The number of fused-ring (bicyclic) bond motifs is 4. The van der Waals surface area contributed by atoms with E-state index in [0.717, 1.165) is 11.3 Å². The number of nitrogens with zero attached hydrogens (tertiary/aromatic N) is 1. The number of carbonyl (C=O) groups excluding carboxylic acids is 1. The Morgan fingerprint density at radius 1 is 1.00 bits per heavy atom. The molecule has 2 N–H and O–H groups in total. The summed E-state index contributed by atoms with van der Waals surface area (Å²) in [6, 6.07) is 19.1. The summed E-state index contributed by atoms with van der Waals surface area (Å²) >= 11 is 24.1. The Labute approximate surface area is 211 Å². The van der Waals surface area contributed by atoms with Gasteiger partial charge in [0, 0.05) is 32.0 Å². The van der Waals surface area contributed by atoms with E-state index in [1.807, 2.05) is 30.0 Å². The second-order valence-electron chi connectivity index (χ2n) is 8.05. The van der Waals surface area contributed by atoms with Crippen LogP contribution in [0, 0.1) is 5.92 Å². The van der Waals surface area contributed by atoms with Crippen molar-refractivity contribution in [1.29, 1.82) is 0 Å². The monoisotopic (exact) mass is 517 g/mol. The van der Waals surface area contributed by atoms with Gasteiger partial charge in [-0.1, -0.05) is 34.8 Å². The van der Waals surface area contributed by atoms with Gasteiger partial charge in [-0.05, 0) is 85.9 Å². The van der Waals surface area contributed by atoms with E-state index < -0.39 is 17.7 Å². The van der Waals surface area contributed by atoms with E-state index in [1.165, 1.54) is 0 Å². The Hall–Kier alpha value is -2.51. The topological polar surface area (TPSA) is 53.6 Å². The lowest BCUT2D eigenvalue weighted by molar-refractivity contribution is -0.130. The number of hydrogen-bond donors (Lipinski definition) is 2. The number of thiocarbonyl (C=S) groups is 1. The van der Waals surface area contributed by atoms with Crippen LogP contribution >= 0.6 is 47.0 Å². The smallest absolute Gasteiger partial charge is 0.236 e. The first kappa shape index (κ1) is 22.3. The Morgan fingerprint density at radius 3 is 2.27 bits per heavy atom. The maximum atomic E-state index is 13.7. The molecule has 33 heavy (non-hydrogen) atoms. The molecular formula is C24H18Cl3N3O2S. The first-order valence-electron chi connectivity index (χ1n) is 10.2. The normalized spacial score (nSPS) is 23.3. The second kappa shape index (κ2) is 8.37. The van der Waals surface area contributed by atoms with E-state index in [2.05, 4.69) is 10.6 Å². The van der Waals surface area contributed by atoms with Crippen molar-refractivity contribution < 1.29 is 9.53 Å². The Balaban J connectivity index is 1.62. The van der Waals surface area contributed by atoms with Crippen molar-refractivity contribution in [2.75, 3.05) is 10.2 Å². The summed E-state index contributed by atoms with van der Waals surface area (Å²) in [5, 5.41) is 8.51. The molecule has 0 aliphatic carbocycles. The highest BCUT2D eigenvalue weighted by molar-refractivity contribution is 7.80. The van der Waals surface area contributed by atoms with Gasteiger partial charge in [0.15, 0.2) is 10.8 Å².